The largest absolute Gasteiger partial charge is 0.317 e. The minimum Gasteiger partial charge on any atom is -0.317 e. The molecule has 2 rings (SSSR count). The Hall–Kier alpha value is -1.35. The van der Waals surface area contributed by atoms with E-state index in [9.17, 15) is 4.79 Å². The molecule has 0 aromatic heterocycles. The first-order chi connectivity index (χ1) is 9.01. The minimum absolute atomic E-state index is 0.0716. The zero-order valence-electron chi connectivity index (χ0n) is 12.2. The second-order valence-corrected chi connectivity index (χ2v) is 5.56. The second-order valence-electron chi connectivity index (χ2n) is 5.56. The van der Waals surface area contributed by atoms with Gasteiger partial charge in [-0.25, -0.2) is 0 Å². The van der Waals surface area contributed by atoms with Gasteiger partial charge in [0, 0.05) is 12.2 Å². The summed E-state index contributed by atoms with van der Waals surface area (Å²) in [6, 6.07) is 6.32. The summed E-state index contributed by atoms with van der Waals surface area (Å²) in [4.78, 5) is 14.6. The van der Waals surface area contributed by atoms with E-state index in [1.165, 1.54) is 11.1 Å². The van der Waals surface area contributed by atoms with Crippen LogP contribution in [0.5, 0.6) is 0 Å². The van der Waals surface area contributed by atoms with E-state index < -0.39 is 5.54 Å². The van der Waals surface area contributed by atoms with E-state index in [0.29, 0.717) is 12.8 Å². The van der Waals surface area contributed by atoms with Crippen molar-refractivity contribution in [2.45, 2.75) is 52.0 Å². The standard InChI is InChI=1S/C16H24N2O/c1-4-16(17,5-2)15(19)18-10-6-7-13-11-12(3)8-9-14(13)18/h8-9,11H,4-7,10,17H2,1-3H3. The van der Waals surface area contributed by atoms with Gasteiger partial charge in [0.2, 0.25) is 5.91 Å². The molecule has 0 fully saturated rings. The smallest absolute Gasteiger partial charge is 0.247 e. The van der Waals surface area contributed by atoms with Crippen LogP contribution in [0.4, 0.5) is 5.69 Å². The van der Waals surface area contributed by atoms with Crippen molar-refractivity contribution in [3.05, 3.63) is 29.3 Å². The summed E-state index contributed by atoms with van der Waals surface area (Å²) in [5.74, 6) is 0.0716. The molecule has 0 saturated carbocycles. The van der Waals surface area contributed by atoms with Gasteiger partial charge in [-0.2, -0.15) is 0 Å². The molecular weight excluding hydrogens is 236 g/mol. The molecule has 0 aliphatic carbocycles. The van der Waals surface area contributed by atoms with Gasteiger partial charge in [0.25, 0.3) is 0 Å². The molecule has 0 atom stereocenters. The molecule has 0 unspecified atom stereocenters. The van der Waals surface area contributed by atoms with Gasteiger partial charge in [0.05, 0.1) is 5.54 Å². The Morgan fingerprint density at radius 3 is 2.68 bits per heavy atom. The number of carbonyl (C=O) groups excluding carboxylic acids is 1. The van der Waals surface area contributed by atoms with Crippen molar-refractivity contribution in [3.8, 4) is 0 Å². The molecule has 1 aromatic rings. The summed E-state index contributed by atoms with van der Waals surface area (Å²) in [5.41, 5.74) is 9.12. The van der Waals surface area contributed by atoms with Crippen LogP contribution in [0, 0.1) is 6.92 Å². The Morgan fingerprint density at radius 2 is 2.05 bits per heavy atom. The maximum atomic E-state index is 12.7. The van der Waals surface area contributed by atoms with Crippen molar-refractivity contribution < 1.29 is 4.79 Å². The molecule has 0 saturated heterocycles. The van der Waals surface area contributed by atoms with Crippen molar-refractivity contribution in [2.24, 2.45) is 5.73 Å². The summed E-state index contributed by atoms with van der Waals surface area (Å²) in [6.07, 6.45) is 3.43. The molecule has 1 amide bonds. The van der Waals surface area contributed by atoms with Gasteiger partial charge in [-0.15, -0.1) is 0 Å². The van der Waals surface area contributed by atoms with Crippen LogP contribution in [-0.2, 0) is 11.2 Å². The topological polar surface area (TPSA) is 46.3 Å². The van der Waals surface area contributed by atoms with Crippen LogP contribution in [0.25, 0.3) is 0 Å². The molecule has 3 nitrogen and oxygen atoms in total. The van der Waals surface area contributed by atoms with Crippen LogP contribution >= 0.6 is 0 Å². The van der Waals surface area contributed by atoms with Crippen LogP contribution in [0.2, 0.25) is 0 Å². The van der Waals surface area contributed by atoms with E-state index in [-0.39, 0.29) is 5.91 Å². The normalized spacial score (nSPS) is 15.3. The molecule has 3 heteroatoms. The average molecular weight is 260 g/mol. The Bertz CT molecular complexity index is 478. The van der Waals surface area contributed by atoms with E-state index in [1.807, 2.05) is 18.7 Å². The van der Waals surface area contributed by atoms with Crippen LogP contribution in [0.3, 0.4) is 0 Å². The fourth-order valence-corrected chi connectivity index (χ4v) is 2.76. The molecular formula is C16H24N2O. The van der Waals surface area contributed by atoms with Gasteiger partial charge in [-0.1, -0.05) is 31.5 Å². The lowest BCUT2D eigenvalue weighted by atomic mass is 9.90. The third kappa shape index (κ3) is 2.52. The molecule has 1 heterocycles. The predicted octanol–water partition coefficient (Wildman–Crippen LogP) is 2.79. The third-order valence-corrected chi connectivity index (χ3v) is 4.29. The Labute approximate surface area is 115 Å². The van der Waals surface area contributed by atoms with Gasteiger partial charge in [0.1, 0.15) is 0 Å². The molecule has 19 heavy (non-hydrogen) atoms. The van der Waals surface area contributed by atoms with Gasteiger partial charge in [-0.05, 0) is 44.2 Å². The van der Waals surface area contributed by atoms with E-state index >= 15 is 0 Å². The maximum absolute atomic E-state index is 12.7. The predicted molar refractivity (Wildman–Crippen MR) is 79.4 cm³/mol. The first-order valence-corrected chi connectivity index (χ1v) is 7.22. The first kappa shape index (κ1) is 14.1. The van der Waals surface area contributed by atoms with Crippen molar-refractivity contribution >= 4 is 11.6 Å². The number of benzene rings is 1. The number of aryl methyl sites for hydroxylation is 2. The molecule has 0 bridgehead atoms. The monoisotopic (exact) mass is 260 g/mol. The highest BCUT2D eigenvalue weighted by molar-refractivity contribution is 6.01. The van der Waals surface area contributed by atoms with Crippen molar-refractivity contribution in [1.82, 2.24) is 0 Å². The van der Waals surface area contributed by atoms with Gasteiger partial charge in [-0.3, -0.25) is 4.79 Å². The lowest BCUT2D eigenvalue weighted by Gasteiger charge is -2.36. The van der Waals surface area contributed by atoms with Crippen LogP contribution < -0.4 is 10.6 Å². The SMILES string of the molecule is CCC(N)(CC)C(=O)N1CCCc2cc(C)ccc21. The molecule has 104 valence electrons. The minimum atomic E-state index is -0.723. The van der Waals surface area contributed by atoms with E-state index in [2.05, 4.69) is 25.1 Å². The highest BCUT2D eigenvalue weighted by atomic mass is 16.2. The number of amides is 1. The highest BCUT2D eigenvalue weighted by Gasteiger charge is 2.36. The highest BCUT2D eigenvalue weighted by Crippen LogP contribution is 2.30. The molecule has 0 spiro atoms. The number of hydrogen-bond acceptors (Lipinski definition) is 2. The first-order valence-electron chi connectivity index (χ1n) is 7.22. The lowest BCUT2D eigenvalue weighted by Crippen LogP contribution is -2.55. The molecule has 2 N–H and O–H groups in total. The van der Waals surface area contributed by atoms with E-state index in [0.717, 1.165) is 25.1 Å². The number of hydrogen-bond donors (Lipinski definition) is 1. The van der Waals surface area contributed by atoms with Crippen LogP contribution in [-0.4, -0.2) is 18.0 Å². The van der Waals surface area contributed by atoms with Gasteiger partial charge < -0.3 is 10.6 Å². The summed E-state index contributed by atoms with van der Waals surface area (Å²) in [6.45, 7) is 6.85. The lowest BCUT2D eigenvalue weighted by molar-refractivity contribution is -0.124. The Balaban J connectivity index is 2.36. The second kappa shape index (κ2) is 5.33. The molecule has 1 aliphatic rings. The van der Waals surface area contributed by atoms with Gasteiger partial charge >= 0.3 is 0 Å². The Kier molecular flexibility index (Phi) is 3.95. The average Bonchev–Trinajstić information content (AvgIpc) is 2.44. The van der Waals surface area contributed by atoms with E-state index in [1.54, 1.807) is 0 Å². The van der Waals surface area contributed by atoms with Crippen molar-refractivity contribution in [2.75, 3.05) is 11.4 Å². The molecule has 1 aromatic carbocycles. The fourth-order valence-electron chi connectivity index (χ4n) is 2.76. The van der Waals surface area contributed by atoms with Crippen LogP contribution in [0.1, 0.15) is 44.2 Å². The number of carbonyl (C=O) groups is 1. The number of nitrogens with two attached hydrogens (primary N) is 1. The number of rotatable bonds is 3. The van der Waals surface area contributed by atoms with E-state index in [4.69, 9.17) is 5.73 Å². The summed E-state index contributed by atoms with van der Waals surface area (Å²) in [7, 11) is 0. The Morgan fingerprint density at radius 1 is 1.37 bits per heavy atom. The summed E-state index contributed by atoms with van der Waals surface area (Å²) in [5, 5.41) is 0. The summed E-state index contributed by atoms with van der Waals surface area (Å²) >= 11 is 0. The van der Waals surface area contributed by atoms with Crippen LogP contribution in [0.15, 0.2) is 18.2 Å². The molecule has 0 radical (unpaired) electrons. The molecule has 1 aliphatic heterocycles. The zero-order valence-corrected chi connectivity index (χ0v) is 12.2. The third-order valence-electron chi connectivity index (χ3n) is 4.29. The van der Waals surface area contributed by atoms with Crippen molar-refractivity contribution in [3.63, 3.8) is 0 Å². The summed E-state index contributed by atoms with van der Waals surface area (Å²) < 4.78 is 0. The fraction of sp³-hybridized carbons (Fsp3) is 0.562. The maximum Gasteiger partial charge on any atom is 0.247 e. The number of fused-ring (bicyclic) bond motifs is 1. The number of anilines is 1. The van der Waals surface area contributed by atoms with Crippen molar-refractivity contribution in [1.29, 1.82) is 0 Å². The quantitative estimate of drug-likeness (QED) is 0.908. The number of nitrogens with zero attached hydrogens (tertiary/aromatic N) is 1. The van der Waals surface area contributed by atoms with Gasteiger partial charge in [0.15, 0.2) is 0 Å². The zero-order chi connectivity index (χ0) is 14.0.